The molecule has 1 aliphatic rings. The summed E-state index contributed by atoms with van der Waals surface area (Å²) in [6.07, 6.45) is 22.5. The topological polar surface area (TPSA) is 116 Å². The van der Waals surface area contributed by atoms with Gasteiger partial charge >= 0.3 is 14.3 Å². The Morgan fingerprint density at radius 1 is 0.897 bits per heavy atom. The van der Waals surface area contributed by atoms with Crippen molar-refractivity contribution in [2.75, 3.05) is 19.8 Å². The fraction of sp³-hybridized carbons (Fsp3) is 0.759. The molecule has 0 aromatic carbocycles. The average Bonchev–Trinajstić information content (AvgIpc) is 3.40. The monoisotopic (exact) mass is 565 g/mol. The molecule has 1 aromatic heterocycles. The molecule has 0 bridgehead atoms. The Kier molecular flexibility index (Phi) is 18.0. The first-order valence-corrected chi connectivity index (χ1v) is 15.9. The number of aromatic nitrogens is 2. The third-order valence-corrected chi connectivity index (χ3v) is 7.82. The van der Waals surface area contributed by atoms with Gasteiger partial charge < -0.3 is 18.3 Å². The number of hydrogen-bond donors (Lipinski definition) is 1. The lowest BCUT2D eigenvalue weighted by Gasteiger charge is -2.20. The number of nitrogens with zero attached hydrogens (tertiary/aromatic N) is 2. The standard InChI is InChI=1S/C29H48N3O6P/c1-3-4-5-6-7-8-9-10-11-12-13-14-15-16-21-35-39(36-22-17-20-30)37-24-26-18-19-27(38-26)32-23-25(2)28(33)31-29(32)34/h18-19,23,26-27H,3-17,21-22,24H2,1-2H3,(H,31,33,34)/t26-,27+,39?/m0/s1. The SMILES string of the molecule is CCCCCCCCCCCCCCCCOP(OCCC#N)OC[C@@H]1C=C[C@H](n2cc(C)c(=O)[nH]c2=O)O1. The van der Waals surface area contributed by atoms with Gasteiger partial charge in [0.1, 0.15) is 6.10 Å². The molecular weight excluding hydrogens is 517 g/mol. The summed E-state index contributed by atoms with van der Waals surface area (Å²) in [6.45, 7) is 4.89. The van der Waals surface area contributed by atoms with Crippen molar-refractivity contribution in [3.63, 3.8) is 0 Å². The zero-order chi connectivity index (χ0) is 28.1. The van der Waals surface area contributed by atoms with E-state index in [1.54, 1.807) is 13.0 Å². The lowest BCUT2D eigenvalue weighted by molar-refractivity contribution is -0.01000. The highest BCUT2D eigenvalue weighted by molar-refractivity contribution is 7.41. The summed E-state index contributed by atoms with van der Waals surface area (Å²) in [7, 11) is -1.60. The number of hydrogen-bond acceptors (Lipinski definition) is 7. The van der Waals surface area contributed by atoms with E-state index in [1.165, 1.54) is 87.8 Å². The molecule has 0 fully saturated rings. The molecule has 0 spiro atoms. The van der Waals surface area contributed by atoms with E-state index in [-0.39, 0.29) is 25.7 Å². The average molecular weight is 566 g/mol. The first kappa shape index (κ1) is 33.4. The molecule has 3 atom stereocenters. The number of nitriles is 1. The summed E-state index contributed by atoms with van der Waals surface area (Å²) in [4.78, 5) is 26.0. The van der Waals surface area contributed by atoms with Gasteiger partial charge in [-0.05, 0) is 19.4 Å². The van der Waals surface area contributed by atoms with Gasteiger partial charge in [-0.1, -0.05) is 96.5 Å². The van der Waals surface area contributed by atoms with E-state index >= 15 is 0 Å². The first-order chi connectivity index (χ1) is 19.0. The minimum atomic E-state index is -1.60. The maximum absolute atomic E-state index is 12.1. The summed E-state index contributed by atoms with van der Waals surface area (Å²) in [5, 5.41) is 8.81. The summed E-state index contributed by atoms with van der Waals surface area (Å²) in [5.74, 6) is 0. The second-order valence-electron chi connectivity index (χ2n) is 10.1. The number of nitrogens with one attached hydrogen (secondary N) is 1. The van der Waals surface area contributed by atoms with Gasteiger partial charge in [-0.15, -0.1) is 0 Å². The van der Waals surface area contributed by atoms with Crippen molar-refractivity contribution in [3.8, 4) is 6.07 Å². The highest BCUT2D eigenvalue weighted by Crippen LogP contribution is 2.40. The second kappa shape index (κ2) is 21.0. The molecule has 220 valence electrons. The van der Waals surface area contributed by atoms with Crippen LogP contribution in [-0.4, -0.2) is 35.5 Å². The fourth-order valence-electron chi connectivity index (χ4n) is 4.36. The van der Waals surface area contributed by atoms with Crippen LogP contribution in [0.2, 0.25) is 0 Å². The van der Waals surface area contributed by atoms with E-state index in [9.17, 15) is 9.59 Å². The van der Waals surface area contributed by atoms with Gasteiger partial charge in [-0.3, -0.25) is 14.3 Å². The lowest BCUT2D eigenvalue weighted by atomic mass is 10.0. The third kappa shape index (κ3) is 14.4. The van der Waals surface area contributed by atoms with Crippen LogP contribution >= 0.6 is 8.60 Å². The van der Waals surface area contributed by atoms with E-state index in [2.05, 4.69) is 18.0 Å². The van der Waals surface area contributed by atoms with E-state index in [0.717, 1.165) is 12.8 Å². The molecule has 0 saturated heterocycles. The second-order valence-corrected chi connectivity index (χ2v) is 11.3. The summed E-state index contributed by atoms with van der Waals surface area (Å²) in [5.41, 5.74) is -0.507. The van der Waals surface area contributed by atoms with Crippen molar-refractivity contribution in [2.45, 2.75) is 122 Å². The van der Waals surface area contributed by atoms with Gasteiger partial charge in [0.25, 0.3) is 5.56 Å². The maximum atomic E-state index is 12.1. The van der Waals surface area contributed by atoms with E-state index < -0.39 is 26.1 Å². The van der Waals surface area contributed by atoms with Crippen LogP contribution in [0.4, 0.5) is 0 Å². The zero-order valence-corrected chi connectivity index (χ0v) is 24.8. The first-order valence-electron chi connectivity index (χ1n) is 14.8. The van der Waals surface area contributed by atoms with Gasteiger partial charge in [-0.2, -0.15) is 5.26 Å². The van der Waals surface area contributed by atoms with Crippen LogP contribution in [0.1, 0.15) is 115 Å². The predicted molar refractivity (Wildman–Crippen MR) is 154 cm³/mol. The molecule has 0 aliphatic carbocycles. The number of ether oxygens (including phenoxy) is 1. The minimum absolute atomic E-state index is 0.196. The molecule has 1 unspecified atom stereocenters. The van der Waals surface area contributed by atoms with Crippen molar-refractivity contribution in [1.82, 2.24) is 9.55 Å². The Balaban J connectivity index is 1.56. The van der Waals surface area contributed by atoms with Gasteiger partial charge in [0.05, 0.1) is 32.3 Å². The number of H-pyrrole nitrogens is 1. The normalized spacial score (nSPS) is 17.5. The largest absolute Gasteiger partial charge is 0.344 e. The van der Waals surface area contributed by atoms with Crippen LogP contribution in [0, 0.1) is 18.3 Å². The summed E-state index contributed by atoms with van der Waals surface area (Å²) >= 11 is 0. The molecule has 2 heterocycles. The molecule has 0 saturated carbocycles. The van der Waals surface area contributed by atoms with Crippen LogP contribution < -0.4 is 11.2 Å². The van der Waals surface area contributed by atoms with Crippen LogP contribution in [0.25, 0.3) is 0 Å². The number of aryl methyl sites for hydroxylation is 1. The van der Waals surface area contributed by atoms with Crippen molar-refractivity contribution in [1.29, 1.82) is 5.26 Å². The Morgan fingerprint density at radius 3 is 2.10 bits per heavy atom. The van der Waals surface area contributed by atoms with Crippen LogP contribution in [0.5, 0.6) is 0 Å². The smallest absolute Gasteiger partial charge is 0.332 e. The fourth-order valence-corrected chi connectivity index (χ4v) is 5.38. The van der Waals surface area contributed by atoms with Gasteiger partial charge in [0.15, 0.2) is 6.23 Å². The van der Waals surface area contributed by atoms with Crippen LogP contribution in [-0.2, 0) is 18.3 Å². The molecule has 0 amide bonds. The van der Waals surface area contributed by atoms with Crippen LogP contribution in [0.15, 0.2) is 27.9 Å². The van der Waals surface area contributed by atoms with E-state index in [4.69, 9.17) is 23.6 Å². The predicted octanol–water partition coefficient (Wildman–Crippen LogP) is 6.97. The lowest BCUT2D eigenvalue weighted by Crippen LogP contribution is -2.33. The van der Waals surface area contributed by atoms with Gasteiger partial charge in [0.2, 0.25) is 0 Å². The molecule has 0 radical (unpaired) electrons. The molecule has 2 rings (SSSR count). The van der Waals surface area contributed by atoms with Crippen molar-refractivity contribution < 1.29 is 18.3 Å². The summed E-state index contributed by atoms with van der Waals surface area (Å²) < 4.78 is 24.6. The minimum Gasteiger partial charge on any atom is -0.344 e. The highest BCUT2D eigenvalue weighted by Gasteiger charge is 2.24. The molecule has 39 heavy (non-hydrogen) atoms. The van der Waals surface area contributed by atoms with Crippen LogP contribution in [0.3, 0.4) is 0 Å². The van der Waals surface area contributed by atoms with E-state index in [0.29, 0.717) is 12.2 Å². The van der Waals surface area contributed by atoms with Crippen molar-refractivity contribution in [3.05, 3.63) is 44.8 Å². The molecule has 1 aromatic rings. The Bertz CT molecular complexity index is 973. The van der Waals surface area contributed by atoms with E-state index in [1.807, 2.05) is 6.08 Å². The third-order valence-electron chi connectivity index (χ3n) is 6.67. The zero-order valence-electron chi connectivity index (χ0n) is 23.9. The molecular formula is C29H48N3O6P. The van der Waals surface area contributed by atoms with Gasteiger partial charge in [0, 0.05) is 11.8 Å². The Hall–Kier alpha value is -1.82. The van der Waals surface area contributed by atoms with Crippen molar-refractivity contribution >= 4 is 8.60 Å². The Morgan fingerprint density at radius 2 is 1.49 bits per heavy atom. The highest BCUT2D eigenvalue weighted by atomic mass is 31.2. The van der Waals surface area contributed by atoms with Gasteiger partial charge in [-0.25, -0.2) is 4.79 Å². The number of aromatic amines is 1. The Labute approximate surface area is 234 Å². The maximum Gasteiger partial charge on any atom is 0.332 e. The quantitative estimate of drug-likeness (QED) is 0.0865. The molecule has 10 heteroatoms. The number of rotatable bonds is 23. The molecule has 9 nitrogen and oxygen atoms in total. The summed E-state index contributed by atoms with van der Waals surface area (Å²) in [6, 6.07) is 2.06. The number of unbranched alkanes of at least 4 members (excludes halogenated alkanes) is 13. The molecule has 1 aliphatic heterocycles. The van der Waals surface area contributed by atoms with Crippen molar-refractivity contribution in [2.24, 2.45) is 0 Å². The molecule has 1 N–H and O–H groups in total.